The second kappa shape index (κ2) is 9.68. The summed E-state index contributed by atoms with van der Waals surface area (Å²) in [4.78, 5) is 12.7. The van der Waals surface area contributed by atoms with Crippen molar-refractivity contribution in [3.8, 4) is 5.75 Å². The van der Waals surface area contributed by atoms with Gasteiger partial charge in [-0.05, 0) is 30.7 Å². The van der Waals surface area contributed by atoms with Crippen LogP contribution in [0.1, 0.15) is 12.8 Å². The van der Waals surface area contributed by atoms with E-state index in [2.05, 4.69) is 15.9 Å². The van der Waals surface area contributed by atoms with Gasteiger partial charge in [-0.25, -0.2) is 8.78 Å². The molecule has 0 spiro atoms. The number of aliphatic hydroxyl groups excluding tert-OH is 1. The molecule has 0 atom stereocenters. The van der Waals surface area contributed by atoms with E-state index in [9.17, 15) is 13.6 Å². The zero-order chi connectivity index (χ0) is 15.7. The highest BCUT2D eigenvalue weighted by Crippen LogP contribution is 2.16. The SMILES string of the molecule is O=C(CCCOc1ccc(Br)cc1)N(CCO)CC(F)F. The van der Waals surface area contributed by atoms with E-state index in [4.69, 9.17) is 9.84 Å². The number of carbonyl (C=O) groups excluding carboxylic acids is 1. The molecule has 0 aliphatic heterocycles. The maximum atomic E-state index is 12.3. The van der Waals surface area contributed by atoms with Crippen molar-refractivity contribution in [2.24, 2.45) is 0 Å². The number of carbonyl (C=O) groups is 1. The summed E-state index contributed by atoms with van der Waals surface area (Å²) in [6.07, 6.45) is -2.05. The Morgan fingerprint density at radius 2 is 2.00 bits per heavy atom. The van der Waals surface area contributed by atoms with Gasteiger partial charge in [0.05, 0.1) is 19.8 Å². The average Bonchev–Trinajstić information content (AvgIpc) is 2.44. The summed E-state index contributed by atoms with van der Waals surface area (Å²) in [7, 11) is 0. The van der Waals surface area contributed by atoms with Crippen LogP contribution in [0.25, 0.3) is 0 Å². The number of halogens is 3. The highest BCUT2D eigenvalue weighted by atomic mass is 79.9. The van der Waals surface area contributed by atoms with Crippen molar-refractivity contribution in [2.45, 2.75) is 19.3 Å². The Balaban J connectivity index is 2.29. The first-order valence-corrected chi connectivity index (χ1v) is 7.37. The molecule has 1 amide bonds. The minimum atomic E-state index is -2.60. The molecule has 118 valence electrons. The number of alkyl halides is 2. The van der Waals surface area contributed by atoms with E-state index in [0.717, 1.165) is 9.37 Å². The first kappa shape index (κ1) is 17.8. The lowest BCUT2D eigenvalue weighted by molar-refractivity contribution is -0.133. The second-order valence-corrected chi connectivity index (χ2v) is 5.28. The lowest BCUT2D eigenvalue weighted by atomic mass is 10.2. The zero-order valence-corrected chi connectivity index (χ0v) is 13.1. The first-order valence-electron chi connectivity index (χ1n) is 6.58. The van der Waals surface area contributed by atoms with E-state index in [-0.39, 0.29) is 19.6 Å². The number of benzene rings is 1. The van der Waals surface area contributed by atoms with Crippen LogP contribution in [0.15, 0.2) is 28.7 Å². The number of nitrogens with zero attached hydrogens (tertiary/aromatic N) is 1. The van der Waals surface area contributed by atoms with E-state index in [0.29, 0.717) is 18.8 Å². The normalized spacial score (nSPS) is 10.7. The van der Waals surface area contributed by atoms with Gasteiger partial charge in [-0.2, -0.15) is 0 Å². The number of rotatable bonds is 9. The second-order valence-electron chi connectivity index (χ2n) is 4.36. The van der Waals surface area contributed by atoms with Gasteiger partial charge in [-0.3, -0.25) is 4.79 Å². The van der Waals surface area contributed by atoms with Crippen LogP contribution in [0.4, 0.5) is 8.78 Å². The zero-order valence-electron chi connectivity index (χ0n) is 11.5. The fourth-order valence-electron chi connectivity index (χ4n) is 1.71. The topological polar surface area (TPSA) is 49.8 Å². The van der Waals surface area contributed by atoms with Gasteiger partial charge in [0, 0.05) is 17.4 Å². The van der Waals surface area contributed by atoms with E-state index in [1.54, 1.807) is 12.1 Å². The maximum Gasteiger partial charge on any atom is 0.255 e. The Morgan fingerprint density at radius 1 is 1.33 bits per heavy atom. The number of amides is 1. The van der Waals surface area contributed by atoms with Crippen LogP contribution in [-0.2, 0) is 4.79 Å². The standard InChI is InChI=1S/C14H18BrF2NO3/c15-11-3-5-12(6-4-11)21-9-1-2-14(20)18(7-8-19)10-13(16)17/h3-6,13,19H,1-2,7-10H2. The smallest absolute Gasteiger partial charge is 0.255 e. The molecule has 1 rings (SSSR count). The maximum absolute atomic E-state index is 12.3. The molecule has 0 fully saturated rings. The third-order valence-corrected chi connectivity index (χ3v) is 3.23. The lowest BCUT2D eigenvalue weighted by Gasteiger charge is -2.21. The minimum absolute atomic E-state index is 0.0727. The number of hydrogen-bond donors (Lipinski definition) is 1. The predicted molar refractivity (Wildman–Crippen MR) is 78.5 cm³/mol. The molecule has 0 heterocycles. The quantitative estimate of drug-likeness (QED) is 0.684. The molecule has 0 saturated carbocycles. The summed E-state index contributed by atoms with van der Waals surface area (Å²) in [6, 6.07) is 7.26. The number of aliphatic hydroxyl groups is 1. The summed E-state index contributed by atoms with van der Waals surface area (Å²) in [5.74, 6) is 0.286. The Bertz CT molecular complexity index is 429. The van der Waals surface area contributed by atoms with Crippen LogP contribution in [-0.4, -0.2) is 48.6 Å². The van der Waals surface area contributed by atoms with Gasteiger partial charge in [0.15, 0.2) is 0 Å². The predicted octanol–water partition coefficient (Wildman–Crippen LogP) is 2.69. The van der Waals surface area contributed by atoms with Crippen molar-refractivity contribution in [3.05, 3.63) is 28.7 Å². The van der Waals surface area contributed by atoms with Crippen LogP contribution in [0.5, 0.6) is 5.75 Å². The lowest BCUT2D eigenvalue weighted by Crippen LogP contribution is -2.37. The van der Waals surface area contributed by atoms with Crippen molar-refractivity contribution >= 4 is 21.8 Å². The van der Waals surface area contributed by atoms with Crippen LogP contribution in [0.2, 0.25) is 0 Å². The largest absolute Gasteiger partial charge is 0.494 e. The van der Waals surface area contributed by atoms with E-state index in [1.165, 1.54) is 0 Å². The molecule has 0 aliphatic rings. The molecule has 4 nitrogen and oxygen atoms in total. The number of hydrogen-bond acceptors (Lipinski definition) is 3. The molecule has 0 bridgehead atoms. The Hall–Kier alpha value is -1.21. The van der Waals surface area contributed by atoms with Gasteiger partial charge < -0.3 is 14.7 Å². The Labute approximate surface area is 130 Å². The fourth-order valence-corrected chi connectivity index (χ4v) is 1.97. The third-order valence-electron chi connectivity index (χ3n) is 2.70. The molecule has 0 saturated heterocycles. The molecule has 21 heavy (non-hydrogen) atoms. The minimum Gasteiger partial charge on any atom is -0.494 e. The molecular formula is C14H18BrF2NO3. The van der Waals surface area contributed by atoms with Gasteiger partial charge in [0.2, 0.25) is 5.91 Å². The summed E-state index contributed by atoms with van der Waals surface area (Å²) < 4.78 is 31.0. The molecule has 0 aliphatic carbocycles. The van der Waals surface area contributed by atoms with Crippen molar-refractivity contribution in [3.63, 3.8) is 0 Å². The molecule has 1 aromatic rings. The highest BCUT2D eigenvalue weighted by Gasteiger charge is 2.17. The molecular weight excluding hydrogens is 348 g/mol. The Kier molecular flexibility index (Phi) is 8.22. The summed E-state index contributed by atoms with van der Waals surface area (Å²) >= 11 is 3.31. The van der Waals surface area contributed by atoms with E-state index >= 15 is 0 Å². The van der Waals surface area contributed by atoms with Crippen molar-refractivity contribution in [1.82, 2.24) is 4.90 Å². The van der Waals surface area contributed by atoms with E-state index < -0.39 is 18.9 Å². The van der Waals surface area contributed by atoms with Gasteiger partial charge >= 0.3 is 0 Å². The van der Waals surface area contributed by atoms with E-state index in [1.807, 2.05) is 12.1 Å². The van der Waals surface area contributed by atoms with Crippen LogP contribution in [0.3, 0.4) is 0 Å². The summed E-state index contributed by atoms with van der Waals surface area (Å²) in [6.45, 7) is -0.716. The molecule has 1 aromatic carbocycles. The van der Waals surface area contributed by atoms with Gasteiger partial charge in [-0.1, -0.05) is 15.9 Å². The fraction of sp³-hybridized carbons (Fsp3) is 0.500. The van der Waals surface area contributed by atoms with Crippen molar-refractivity contribution in [2.75, 3.05) is 26.3 Å². The third kappa shape index (κ3) is 7.38. The van der Waals surface area contributed by atoms with Crippen molar-refractivity contribution < 1.29 is 23.4 Å². The van der Waals surface area contributed by atoms with Gasteiger partial charge in [0.1, 0.15) is 5.75 Å². The van der Waals surface area contributed by atoms with Crippen LogP contribution < -0.4 is 4.74 Å². The summed E-state index contributed by atoms with van der Waals surface area (Å²) in [5.41, 5.74) is 0. The molecule has 7 heteroatoms. The van der Waals surface area contributed by atoms with Crippen LogP contribution in [0, 0.1) is 0 Å². The monoisotopic (exact) mass is 365 g/mol. The van der Waals surface area contributed by atoms with Gasteiger partial charge in [-0.15, -0.1) is 0 Å². The number of ether oxygens (including phenoxy) is 1. The molecule has 0 aromatic heterocycles. The molecule has 1 N–H and O–H groups in total. The van der Waals surface area contributed by atoms with Crippen molar-refractivity contribution in [1.29, 1.82) is 0 Å². The average molecular weight is 366 g/mol. The highest BCUT2D eigenvalue weighted by molar-refractivity contribution is 9.10. The summed E-state index contributed by atoms with van der Waals surface area (Å²) in [5, 5.41) is 8.77. The van der Waals surface area contributed by atoms with Crippen LogP contribution >= 0.6 is 15.9 Å². The first-order chi connectivity index (χ1) is 10.0. The van der Waals surface area contributed by atoms with Gasteiger partial charge in [0.25, 0.3) is 6.43 Å². The Morgan fingerprint density at radius 3 is 2.57 bits per heavy atom. The molecule has 0 unspecified atom stereocenters. The molecule has 0 radical (unpaired) electrons.